The van der Waals surface area contributed by atoms with Crippen molar-refractivity contribution >= 4 is 38.5 Å². The number of fused-ring (bicyclic) bond motifs is 4. The van der Waals surface area contributed by atoms with Gasteiger partial charge in [0.15, 0.2) is 0 Å². The zero-order chi connectivity index (χ0) is 27.6. The van der Waals surface area contributed by atoms with Crippen LogP contribution in [-0.2, 0) is 6.42 Å². The van der Waals surface area contributed by atoms with Gasteiger partial charge in [-0.2, -0.15) is 0 Å². The van der Waals surface area contributed by atoms with E-state index in [2.05, 4.69) is 137 Å². The average Bonchev–Trinajstić information content (AvgIpc) is 3.23. The Hall–Kier alpha value is -4.49. The Morgan fingerprint density at radius 3 is 2.38 bits per heavy atom. The van der Waals surface area contributed by atoms with Gasteiger partial charge in [0.25, 0.3) is 0 Å². The van der Waals surface area contributed by atoms with Gasteiger partial charge in [-0.1, -0.05) is 123 Å². The van der Waals surface area contributed by atoms with Crippen LogP contribution in [0, 0.1) is 6.92 Å². The van der Waals surface area contributed by atoms with Crippen LogP contribution in [0.15, 0.2) is 126 Å². The molecular formula is C39H35N. The van der Waals surface area contributed by atoms with Crippen LogP contribution in [0.1, 0.15) is 48.9 Å². The highest BCUT2D eigenvalue weighted by Gasteiger charge is 2.16. The van der Waals surface area contributed by atoms with Gasteiger partial charge >= 0.3 is 0 Å². The van der Waals surface area contributed by atoms with Crippen molar-refractivity contribution in [3.8, 4) is 11.1 Å². The molecule has 0 unspecified atom stereocenters. The molecule has 196 valence electrons. The second kappa shape index (κ2) is 10.9. The highest BCUT2D eigenvalue weighted by Crippen LogP contribution is 2.37. The molecule has 1 aliphatic heterocycles. The fraction of sp³-hybridized carbons (Fsp3) is 0.154. The lowest BCUT2D eigenvalue weighted by Crippen LogP contribution is -1.97. The van der Waals surface area contributed by atoms with Crippen molar-refractivity contribution in [1.82, 2.24) is 0 Å². The van der Waals surface area contributed by atoms with Gasteiger partial charge in [-0.3, -0.25) is 4.99 Å². The highest BCUT2D eigenvalue weighted by molar-refractivity contribution is 6.08. The molecule has 6 rings (SSSR count). The van der Waals surface area contributed by atoms with Gasteiger partial charge < -0.3 is 0 Å². The molecule has 0 saturated carbocycles. The van der Waals surface area contributed by atoms with Crippen LogP contribution >= 0.6 is 0 Å². The third-order valence-electron chi connectivity index (χ3n) is 8.15. The molecular weight excluding hydrogens is 482 g/mol. The van der Waals surface area contributed by atoms with E-state index in [-0.39, 0.29) is 0 Å². The first-order chi connectivity index (χ1) is 19.6. The molecule has 1 aliphatic rings. The molecule has 1 heteroatoms. The van der Waals surface area contributed by atoms with Crippen LogP contribution in [-0.4, -0.2) is 5.71 Å². The molecule has 0 fully saturated rings. The van der Waals surface area contributed by atoms with Crippen LogP contribution in [0.5, 0.6) is 0 Å². The molecule has 0 amide bonds. The van der Waals surface area contributed by atoms with E-state index in [1.54, 1.807) is 0 Å². The Labute approximate surface area is 237 Å². The van der Waals surface area contributed by atoms with Gasteiger partial charge in [-0.15, -0.1) is 0 Å². The maximum Gasteiger partial charge on any atom is 0.0703 e. The van der Waals surface area contributed by atoms with Crippen molar-refractivity contribution in [2.45, 2.75) is 40.0 Å². The number of benzene rings is 5. The lowest BCUT2D eigenvalue weighted by Gasteiger charge is -2.17. The second-order valence-electron chi connectivity index (χ2n) is 10.7. The fourth-order valence-electron chi connectivity index (χ4n) is 5.73. The van der Waals surface area contributed by atoms with Crippen molar-refractivity contribution in [2.75, 3.05) is 0 Å². The predicted octanol–water partition coefficient (Wildman–Crippen LogP) is 11.0. The predicted molar refractivity (Wildman–Crippen MR) is 175 cm³/mol. The van der Waals surface area contributed by atoms with Crippen molar-refractivity contribution < 1.29 is 0 Å². The summed E-state index contributed by atoms with van der Waals surface area (Å²) in [5, 5.41) is 5.14. The van der Waals surface area contributed by atoms with E-state index in [9.17, 15) is 0 Å². The summed E-state index contributed by atoms with van der Waals surface area (Å²) in [5.74, 6) is 0. The third-order valence-corrected chi connectivity index (χ3v) is 8.15. The number of allylic oxidation sites excluding steroid dienone is 4. The summed E-state index contributed by atoms with van der Waals surface area (Å²) in [6, 6.07) is 33.4. The van der Waals surface area contributed by atoms with Crippen molar-refractivity contribution in [2.24, 2.45) is 4.99 Å². The summed E-state index contributed by atoms with van der Waals surface area (Å²) >= 11 is 0. The Morgan fingerprint density at radius 1 is 0.825 bits per heavy atom. The quantitative estimate of drug-likeness (QED) is 0.157. The van der Waals surface area contributed by atoms with Crippen LogP contribution in [0.4, 0.5) is 5.69 Å². The maximum absolute atomic E-state index is 5.07. The normalized spacial score (nSPS) is 13.3. The molecule has 0 saturated heterocycles. The van der Waals surface area contributed by atoms with Gasteiger partial charge in [-0.05, 0) is 98.8 Å². The molecule has 1 heterocycles. The highest BCUT2D eigenvalue weighted by atomic mass is 14.8. The van der Waals surface area contributed by atoms with Crippen LogP contribution in [0.25, 0.3) is 38.2 Å². The van der Waals surface area contributed by atoms with E-state index in [1.165, 1.54) is 60.5 Å². The molecule has 5 aromatic carbocycles. The standard InChI is InChI=1S/C39H35N/c1-5-26(3)24-38(35-22-20-31-11-9-12-34(6-2)40-39(31)27(35)4)30-16-14-28(15-17-30)32-21-23-37-33(25-32)19-18-29-10-7-8-13-36(29)37/h7-10,12-25H,3,5-6,11H2,1-2,4H3/b38-24-. The Morgan fingerprint density at radius 2 is 1.57 bits per heavy atom. The van der Waals surface area contributed by atoms with Crippen molar-refractivity contribution in [3.05, 3.63) is 144 Å². The van der Waals surface area contributed by atoms with E-state index in [4.69, 9.17) is 4.99 Å². The Bertz CT molecular complexity index is 1840. The monoisotopic (exact) mass is 517 g/mol. The summed E-state index contributed by atoms with van der Waals surface area (Å²) in [6.07, 6.45) is 9.42. The minimum Gasteiger partial charge on any atom is -0.253 e. The molecule has 0 bridgehead atoms. The number of aliphatic imine (C=N–C) groups is 1. The van der Waals surface area contributed by atoms with Crippen LogP contribution < -0.4 is 0 Å². The lowest BCUT2D eigenvalue weighted by atomic mass is 9.89. The molecule has 0 aliphatic carbocycles. The summed E-state index contributed by atoms with van der Waals surface area (Å²) in [5.41, 5.74) is 12.0. The minimum atomic E-state index is 0.916. The molecule has 5 aromatic rings. The lowest BCUT2D eigenvalue weighted by molar-refractivity contribution is 1.16. The topological polar surface area (TPSA) is 12.4 Å². The van der Waals surface area contributed by atoms with E-state index in [0.29, 0.717) is 0 Å². The average molecular weight is 518 g/mol. The molecule has 0 aromatic heterocycles. The Balaban J connectivity index is 1.40. The summed E-state index contributed by atoms with van der Waals surface area (Å²) in [7, 11) is 0. The molecule has 1 nitrogen and oxygen atoms in total. The maximum atomic E-state index is 5.07. The first-order valence-corrected chi connectivity index (χ1v) is 14.3. The second-order valence-corrected chi connectivity index (χ2v) is 10.7. The van der Waals surface area contributed by atoms with Crippen LogP contribution in [0.2, 0.25) is 0 Å². The summed E-state index contributed by atoms with van der Waals surface area (Å²) in [4.78, 5) is 5.07. The van der Waals surface area contributed by atoms with Gasteiger partial charge in [0.1, 0.15) is 0 Å². The van der Waals surface area contributed by atoms with Crippen molar-refractivity contribution in [1.29, 1.82) is 0 Å². The van der Waals surface area contributed by atoms with E-state index >= 15 is 0 Å². The molecule has 0 radical (unpaired) electrons. The smallest absolute Gasteiger partial charge is 0.0703 e. The number of nitrogens with zero attached hydrogens (tertiary/aromatic N) is 1. The fourth-order valence-corrected chi connectivity index (χ4v) is 5.73. The third kappa shape index (κ3) is 4.84. The number of hydrogen-bond donors (Lipinski definition) is 0. The van der Waals surface area contributed by atoms with Gasteiger partial charge in [0.2, 0.25) is 0 Å². The van der Waals surface area contributed by atoms with Gasteiger partial charge in [0, 0.05) is 5.71 Å². The zero-order valence-corrected chi connectivity index (χ0v) is 23.7. The minimum absolute atomic E-state index is 0.916. The molecule has 0 atom stereocenters. The van der Waals surface area contributed by atoms with Gasteiger partial charge in [-0.25, -0.2) is 0 Å². The van der Waals surface area contributed by atoms with Crippen LogP contribution in [0.3, 0.4) is 0 Å². The molecule has 0 spiro atoms. The first kappa shape index (κ1) is 25.8. The molecule has 0 N–H and O–H groups in total. The largest absolute Gasteiger partial charge is 0.253 e. The number of hydrogen-bond acceptors (Lipinski definition) is 1. The van der Waals surface area contributed by atoms with E-state index in [1.807, 2.05) is 0 Å². The van der Waals surface area contributed by atoms with E-state index in [0.717, 1.165) is 36.2 Å². The number of rotatable bonds is 6. The Kier molecular flexibility index (Phi) is 7.05. The van der Waals surface area contributed by atoms with Gasteiger partial charge in [0.05, 0.1) is 5.69 Å². The van der Waals surface area contributed by atoms with Crippen molar-refractivity contribution in [3.63, 3.8) is 0 Å². The summed E-state index contributed by atoms with van der Waals surface area (Å²) < 4.78 is 0. The summed E-state index contributed by atoms with van der Waals surface area (Å²) in [6.45, 7) is 10.9. The van der Waals surface area contributed by atoms with E-state index < -0.39 is 0 Å². The first-order valence-electron chi connectivity index (χ1n) is 14.3. The zero-order valence-electron chi connectivity index (χ0n) is 23.7. The SMILES string of the molecule is C=C(/C=C(/c1ccc(-c2ccc3c(ccc4ccccc43)c2)cc1)c1ccc2c(c1C)N=C(CC)C=CC2)CC. The molecule has 40 heavy (non-hydrogen) atoms.